The molecule has 0 fully saturated rings. The highest BCUT2D eigenvalue weighted by atomic mass is 35.5. The molecule has 1 unspecified atom stereocenters. The zero-order valence-electron chi connectivity index (χ0n) is 12.7. The van der Waals surface area contributed by atoms with Gasteiger partial charge >= 0.3 is 5.97 Å². The van der Waals surface area contributed by atoms with Crippen LogP contribution < -0.4 is 10.6 Å². The maximum Gasteiger partial charge on any atom is 0.326 e. The van der Waals surface area contributed by atoms with Crippen molar-refractivity contribution < 1.29 is 19.1 Å². The lowest BCUT2D eigenvalue weighted by Gasteiger charge is -2.13. The minimum absolute atomic E-state index is 0.112. The van der Waals surface area contributed by atoms with Gasteiger partial charge < -0.3 is 15.7 Å². The second kappa shape index (κ2) is 9.80. The van der Waals surface area contributed by atoms with E-state index in [0.717, 1.165) is 12.3 Å². The molecular formula is C15H15ClFN3O3S. The van der Waals surface area contributed by atoms with Crippen molar-refractivity contribution in [2.75, 3.05) is 17.3 Å². The number of nitriles is 1. The van der Waals surface area contributed by atoms with E-state index in [9.17, 15) is 14.0 Å². The summed E-state index contributed by atoms with van der Waals surface area (Å²) in [5.74, 6) is -2.03. The maximum absolute atomic E-state index is 13.1. The van der Waals surface area contributed by atoms with E-state index in [1.807, 2.05) is 6.26 Å². The van der Waals surface area contributed by atoms with Crippen molar-refractivity contribution in [1.29, 1.82) is 5.26 Å². The number of halogens is 2. The summed E-state index contributed by atoms with van der Waals surface area (Å²) in [7, 11) is 0. The Kier molecular flexibility index (Phi) is 8.09. The van der Waals surface area contributed by atoms with E-state index in [0.29, 0.717) is 11.4 Å². The quantitative estimate of drug-likeness (QED) is 0.479. The molecule has 1 atom stereocenters. The van der Waals surface area contributed by atoms with Gasteiger partial charge in [0, 0.05) is 11.9 Å². The molecule has 0 saturated carbocycles. The summed E-state index contributed by atoms with van der Waals surface area (Å²) < 4.78 is 13.1. The second-order valence-electron chi connectivity index (χ2n) is 4.59. The fourth-order valence-electron chi connectivity index (χ4n) is 1.62. The van der Waals surface area contributed by atoms with Gasteiger partial charge in [-0.05, 0) is 36.6 Å². The predicted molar refractivity (Wildman–Crippen MR) is 91.3 cm³/mol. The molecule has 0 aliphatic heterocycles. The Hall–Kier alpha value is -2.24. The molecule has 0 bridgehead atoms. The zero-order chi connectivity index (χ0) is 18.1. The van der Waals surface area contributed by atoms with Gasteiger partial charge in [0.25, 0.3) is 5.91 Å². The van der Waals surface area contributed by atoms with E-state index in [1.165, 1.54) is 23.9 Å². The first-order valence-electron chi connectivity index (χ1n) is 6.73. The number of hydrogen-bond donors (Lipinski definition) is 3. The van der Waals surface area contributed by atoms with Gasteiger partial charge in [0.15, 0.2) is 0 Å². The molecule has 24 heavy (non-hydrogen) atoms. The number of anilines is 1. The van der Waals surface area contributed by atoms with E-state index in [-0.39, 0.29) is 17.0 Å². The summed E-state index contributed by atoms with van der Waals surface area (Å²) in [5.41, 5.74) is 0.0602. The third-order valence-corrected chi connectivity index (χ3v) is 3.82. The number of thioether (sulfide) groups is 1. The van der Waals surface area contributed by atoms with Gasteiger partial charge in [-0.15, -0.1) is 0 Å². The van der Waals surface area contributed by atoms with Crippen LogP contribution in [0.3, 0.4) is 0 Å². The van der Waals surface area contributed by atoms with Crippen molar-refractivity contribution in [3.8, 4) is 6.07 Å². The summed E-state index contributed by atoms with van der Waals surface area (Å²) >= 11 is 7.08. The van der Waals surface area contributed by atoms with Crippen molar-refractivity contribution in [3.05, 3.63) is 40.8 Å². The van der Waals surface area contributed by atoms with Gasteiger partial charge in [0.2, 0.25) is 0 Å². The first-order valence-corrected chi connectivity index (χ1v) is 8.50. The van der Waals surface area contributed by atoms with Crippen LogP contribution in [0.1, 0.15) is 6.42 Å². The molecule has 0 aliphatic carbocycles. The standard InChI is InChI=1S/C15H15ClFN3O3S/c1-24-5-4-13(15(22)23)20-14(21)9(7-18)8-19-10-2-3-12(17)11(16)6-10/h2-3,6,8,13,19H,4-5H2,1H3,(H,20,21)(H,22,23)/b9-8-. The largest absolute Gasteiger partial charge is 0.480 e. The van der Waals surface area contributed by atoms with Crippen molar-refractivity contribution in [2.24, 2.45) is 0 Å². The Morgan fingerprint density at radius 2 is 2.25 bits per heavy atom. The summed E-state index contributed by atoms with van der Waals surface area (Å²) in [6.07, 6.45) is 3.16. The fourth-order valence-corrected chi connectivity index (χ4v) is 2.27. The summed E-state index contributed by atoms with van der Waals surface area (Å²) in [5, 5.41) is 22.9. The highest BCUT2D eigenvalue weighted by Gasteiger charge is 2.21. The Bertz CT molecular complexity index is 691. The average molecular weight is 372 g/mol. The Morgan fingerprint density at radius 3 is 2.79 bits per heavy atom. The number of benzene rings is 1. The number of nitrogens with zero attached hydrogens (tertiary/aromatic N) is 1. The van der Waals surface area contributed by atoms with Gasteiger partial charge in [-0.1, -0.05) is 11.6 Å². The molecule has 1 amide bonds. The van der Waals surface area contributed by atoms with Gasteiger partial charge in [0.05, 0.1) is 5.02 Å². The van der Waals surface area contributed by atoms with Crippen molar-refractivity contribution >= 4 is 40.9 Å². The molecule has 6 nitrogen and oxygen atoms in total. The fraction of sp³-hybridized carbons (Fsp3) is 0.267. The topological polar surface area (TPSA) is 102 Å². The number of nitrogens with one attached hydrogen (secondary N) is 2. The average Bonchev–Trinajstić information content (AvgIpc) is 2.54. The Balaban J connectivity index is 2.79. The van der Waals surface area contributed by atoms with Gasteiger partial charge in [-0.2, -0.15) is 17.0 Å². The predicted octanol–water partition coefficient (Wildman–Crippen LogP) is 2.62. The number of carboxylic acids is 1. The van der Waals surface area contributed by atoms with Crippen molar-refractivity contribution in [1.82, 2.24) is 5.32 Å². The first-order chi connectivity index (χ1) is 11.4. The molecule has 3 N–H and O–H groups in total. The number of rotatable bonds is 8. The first kappa shape index (κ1) is 19.8. The monoisotopic (exact) mass is 371 g/mol. The summed E-state index contributed by atoms with van der Waals surface area (Å²) in [6, 6.07) is 4.40. The van der Waals surface area contributed by atoms with Crippen LogP contribution in [0.5, 0.6) is 0 Å². The molecular weight excluding hydrogens is 357 g/mol. The van der Waals surface area contributed by atoms with Crippen LogP contribution in [-0.4, -0.2) is 35.0 Å². The molecule has 0 radical (unpaired) electrons. The van der Waals surface area contributed by atoms with Gasteiger partial charge in [0.1, 0.15) is 23.5 Å². The number of aliphatic carboxylic acids is 1. The highest BCUT2D eigenvalue weighted by Crippen LogP contribution is 2.19. The minimum atomic E-state index is -1.17. The van der Waals surface area contributed by atoms with E-state index < -0.39 is 23.7 Å². The Labute approximate surface area is 147 Å². The van der Waals surface area contributed by atoms with Gasteiger partial charge in [-0.25, -0.2) is 9.18 Å². The molecule has 1 rings (SSSR count). The van der Waals surface area contributed by atoms with Crippen LogP contribution in [0.25, 0.3) is 0 Å². The number of carboxylic acid groups (broad SMARTS) is 1. The van der Waals surface area contributed by atoms with Crippen LogP contribution in [0.4, 0.5) is 10.1 Å². The molecule has 9 heteroatoms. The molecule has 1 aromatic rings. The smallest absolute Gasteiger partial charge is 0.326 e. The lowest BCUT2D eigenvalue weighted by molar-refractivity contribution is -0.141. The van der Waals surface area contributed by atoms with E-state index in [2.05, 4.69) is 10.6 Å². The Morgan fingerprint density at radius 1 is 1.54 bits per heavy atom. The van der Waals surface area contributed by atoms with Gasteiger partial charge in [-0.3, -0.25) is 4.79 Å². The number of amides is 1. The molecule has 0 aromatic heterocycles. The number of carbonyl (C=O) groups excluding carboxylic acids is 1. The SMILES string of the molecule is CSCCC(NC(=O)/C(C#N)=C\Nc1ccc(F)c(Cl)c1)C(=O)O. The van der Waals surface area contributed by atoms with E-state index >= 15 is 0 Å². The number of hydrogen-bond acceptors (Lipinski definition) is 5. The van der Waals surface area contributed by atoms with Crippen LogP contribution >= 0.6 is 23.4 Å². The molecule has 128 valence electrons. The molecule has 0 spiro atoms. The normalized spacial score (nSPS) is 12.2. The van der Waals surface area contributed by atoms with Crippen molar-refractivity contribution in [3.63, 3.8) is 0 Å². The van der Waals surface area contributed by atoms with Crippen LogP contribution in [0.2, 0.25) is 5.02 Å². The second-order valence-corrected chi connectivity index (χ2v) is 5.98. The van der Waals surface area contributed by atoms with Crippen molar-refractivity contribution in [2.45, 2.75) is 12.5 Å². The lowest BCUT2D eigenvalue weighted by atomic mass is 10.2. The van der Waals surface area contributed by atoms with Crippen LogP contribution in [0.15, 0.2) is 30.0 Å². The van der Waals surface area contributed by atoms with E-state index in [4.69, 9.17) is 22.0 Å². The number of carbonyl (C=O) groups is 2. The minimum Gasteiger partial charge on any atom is -0.480 e. The third-order valence-electron chi connectivity index (χ3n) is 2.88. The summed E-state index contributed by atoms with van der Waals surface area (Å²) in [6.45, 7) is 0. The highest BCUT2D eigenvalue weighted by molar-refractivity contribution is 7.98. The van der Waals surface area contributed by atoms with Crippen LogP contribution in [0, 0.1) is 17.1 Å². The maximum atomic E-state index is 13.1. The third kappa shape index (κ3) is 6.10. The van der Waals surface area contributed by atoms with Crippen LogP contribution in [-0.2, 0) is 9.59 Å². The molecule has 0 aliphatic rings. The molecule has 0 heterocycles. The molecule has 0 saturated heterocycles. The lowest BCUT2D eigenvalue weighted by Crippen LogP contribution is -2.41. The summed E-state index contributed by atoms with van der Waals surface area (Å²) in [4.78, 5) is 23.1. The van der Waals surface area contributed by atoms with E-state index in [1.54, 1.807) is 6.07 Å². The zero-order valence-corrected chi connectivity index (χ0v) is 14.2. The molecule has 1 aromatic carbocycles.